The monoisotopic (exact) mass is 233 g/mol. The molecule has 0 saturated heterocycles. The average Bonchev–Trinajstić information content (AvgIpc) is 2.45. The van der Waals surface area contributed by atoms with Gasteiger partial charge < -0.3 is 4.90 Å². The number of para-hydroxylation sites is 1. The Bertz CT molecular complexity index is 386. The topological polar surface area (TPSA) is 20.3 Å². The number of rotatable bonds is 0. The minimum atomic E-state index is 0.113. The normalized spacial score (nSPS) is 23.4. The van der Waals surface area contributed by atoms with E-state index in [9.17, 15) is 4.79 Å². The van der Waals surface area contributed by atoms with Crippen molar-refractivity contribution in [2.24, 2.45) is 11.8 Å². The average molecular weight is 233 g/mol. The van der Waals surface area contributed by atoms with Crippen molar-refractivity contribution in [3.8, 4) is 0 Å². The summed E-state index contributed by atoms with van der Waals surface area (Å²) in [7, 11) is 1.87. The molecule has 1 aromatic carbocycles. The molecule has 2 atom stereocenters. The fourth-order valence-electron chi connectivity index (χ4n) is 2.20. The molecule has 2 nitrogen and oxygen atoms in total. The maximum Gasteiger partial charge on any atom is 0.229 e. The number of amides is 1. The van der Waals surface area contributed by atoms with Gasteiger partial charge >= 0.3 is 0 Å². The van der Waals surface area contributed by atoms with Crippen molar-refractivity contribution in [3.63, 3.8) is 0 Å². The van der Waals surface area contributed by atoms with Crippen LogP contribution < -0.4 is 4.90 Å². The van der Waals surface area contributed by atoms with Crippen LogP contribution in [0.25, 0.3) is 0 Å². The Morgan fingerprint density at radius 2 is 1.76 bits per heavy atom. The molecule has 1 aromatic rings. The van der Waals surface area contributed by atoms with E-state index in [4.69, 9.17) is 0 Å². The van der Waals surface area contributed by atoms with E-state index in [1.807, 2.05) is 46.0 Å². The van der Waals surface area contributed by atoms with Crippen molar-refractivity contribution in [2.75, 3.05) is 11.9 Å². The predicted octanol–water partition coefficient (Wildman–Crippen LogP) is 3.50. The molecule has 94 valence electrons. The first kappa shape index (κ1) is 13.8. The highest BCUT2D eigenvalue weighted by Crippen LogP contribution is 2.30. The lowest BCUT2D eigenvalue weighted by molar-refractivity contribution is -0.122. The zero-order valence-electron chi connectivity index (χ0n) is 11.5. The van der Waals surface area contributed by atoms with Gasteiger partial charge in [-0.3, -0.25) is 4.79 Å². The molecule has 1 aliphatic heterocycles. The van der Waals surface area contributed by atoms with Crippen LogP contribution in [0, 0.1) is 11.8 Å². The third-order valence-electron chi connectivity index (χ3n) is 3.47. The quantitative estimate of drug-likeness (QED) is 0.671. The number of carbonyl (C=O) groups is 1. The van der Waals surface area contributed by atoms with E-state index in [0.29, 0.717) is 5.92 Å². The molecule has 2 unspecified atom stereocenters. The van der Waals surface area contributed by atoms with E-state index in [0.717, 1.165) is 12.1 Å². The highest BCUT2D eigenvalue weighted by molar-refractivity contribution is 5.96. The molecular formula is C15H23NO. The van der Waals surface area contributed by atoms with Gasteiger partial charge in [0.05, 0.1) is 0 Å². The number of fused-ring (bicyclic) bond motifs is 1. The zero-order valence-corrected chi connectivity index (χ0v) is 11.5. The van der Waals surface area contributed by atoms with E-state index in [2.05, 4.69) is 13.0 Å². The Morgan fingerprint density at radius 1 is 1.18 bits per heavy atom. The van der Waals surface area contributed by atoms with Crippen LogP contribution in [-0.2, 0) is 11.2 Å². The van der Waals surface area contributed by atoms with Gasteiger partial charge in [0.2, 0.25) is 5.91 Å². The smallest absolute Gasteiger partial charge is 0.229 e. The summed E-state index contributed by atoms with van der Waals surface area (Å²) >= 11 is 0. The molecule has 0 fully saturated rings. The van der Waals surface area contributed by atoms with Gasteiger partial charge in [-0.15, -0.1) is 0 Å². The number of carbonyl (C=O) groups excluding carboxylic acids is 1. The molecule has 0 spiro atoms. The lowest BCUT2D eigenvalue weighted by atomic mass is 9.90. The first-order chi connectivity index (χ1) is 8.11. The molecule has 1 heterocycles. The molecule has 0 bridgehead atoms. The van der Waals surface area contributed by atoms with Crippen molar-refractivity contribution < 1.29 is 4.79 Å². The molecule has 1 amide bonds. The van der Waals surface area contributed by atoms with E-state index in [1.54, 1.807) is 4.90 Å². The molecule has 0 aromatic heterocycles. The second-order valence-electron chi connectivity index (χ2n) is 4.50. The first-order valence-electron chi connectivity index (χ1n) is 6.46. The molecule has 2 rings (SSSR count). The van der Waals surface area contributed by atoms with E-state index < -0.39 is 0 Å². The molecule has 0 N–H and O–H groups in total. The summed E-state index contributed by atoms with van der Waals surface area (Å²) in [5.41, 5.74) is 2.35. The van der Waals surface area contributed by atoms with Gasteiger partial charge in [0.15, 0.2) is 0 Å². The largest absolute Gasteiger partial charge is 0.315 e. The third kappa shape index (κ3) is 2.68. The van der Waals surface area contributed by atoms with Crippen LogP contribution in [0.4, 0.5) is 5.69 Å². The first-order valence-corrected chi connectivity index (χ1v) is 6.46. The lowest BCUT2D eigenvalue weighted by Gasteiger charge is -2.20. The summed E-state index contributed by atoms with van der Waals surface area (Å²) in [5.74, 6) is 0.762. The zero-order chi connectivity index (χ0) is 13.0. The van der Waals surface area contributed by atoms with Gasteiger partial charge in [-0.2, -0.15) is 0 Å². The Kier molecular flexibility index (Phi) is 4.73. The third-order valence-corrected chi connectivity index (χ3v) is 3.47. The van der Waals surface area contributed by atoms with Crippen LogP contribution in [0.2, 0.25) is 0 Å². The van der Waals surface area contributed by atoms with Crippen LogP contribution in [-0.4, -0.2) is 13.0 Å². The van der Waals surface area contributed by atoms with E-state index in [-0.39, 0.29) is 11.8 Å². The van der Waals surface area contributed by atoms with Gasteiger partial charge in [0, 0.05) is 18.7 Å². The number of benzene rings is 1. The maximum absolute atomic E-state index is 12.0. The van der Waals surface area contributed by atoms with Crippen LogP contribution in [0.15, 0.2) is 24.3 Å². The number of hydrogen-bond acceptors (Lipinski definition) is 1. The number of anilines is 1. The molecule has 0 radical (unpaired) electrons. The van der Waals surface area contributed by atoms with Crippen molar-refractivity contribution in [2.45, 2.75) is 34.1 Å². The van der Waals surface area contributed by atoms with Crippen LogP contribution in [0.1, 0.15) is 33.3 Å². The van der Waals surface area contributed by atoms with Gasteiger partial charge in [0.1, 0.15) is 0 Å². The maximum atomic E-state index is 12.0. The molecule has 17 heavy (non-hydrogen) atoms. The number of nitrogens with zero attached hydrogens (tertiary/aromatic N) is 1. The standard InChI is InChI=1S/C13H17NO.C2H6/c1-9-8-11-6-4-5-7-12(11)14(3)13(15)10(9)2;1-2/h4-7,9-10H,8H2,1-3H3;1-2H3. The summed E-state index contributed by atoms with van der Waals surface area (Å²) in [5, 5.41) is 0. The molecular weight excluding hydrogens is 210 g/mol. The number of hydrogen-bond donors (Lipinski definition) is 0. The molecule has 1 aliphatic rings. The predicted molar refractivity (Wildman–Crippen MR) is 73.2 cm³/mol. The van der Waals surface area contributed by atoms with Gasteiger partial charge in [-0.05, 0) is 24.0 Å². The molecule has 0 saturated carbocycles. The second kappa shape index (κ2) is 5.85. The SMILES string of the molecule is CC.CC1Cc2ccccc2N(C)C(=O)C1C. The Hall–Kier alpha value is -1.31. The van der Waals surface area contributed by atoms with Crippen LogP contribution in [0.3, 0.4) is 0 Å². The van der Waals surface area contributed by atoms with Gasteiger partial charge in [-0.1, -0.05) is 45.9 Å². The van der Waals surface area contributed by atoms with Crippen molar-refractivity contribution in [1.82, 2.24) is 0 Å². The molecule has 0 aliphatic carbocycles. The second-order valence-corrected chi connectivity index (χ2v) is 4.50. The van der Waals surface area contributed by atoms with Gasteiger partial charge in [-0.25, -0.2) is 0 Å². The van der Waals surface area contributed by atoms with E-state index >= 15 is 0 Å². The van der Waals surface area contributed by atoms with Crippen LogP contribution >= 0.6 is 0 Å². The fraction of sp³-hybridized carbons (Fsp3) is 0.533. The minimum absolute atomic E-state index is 0.113. The van der Waals surface area contributed by atoms with Crippen LogP contribution in [0.5, 0.6) is 0 Å². The van der Waals surface area contributed by atoms with Crippen molar-refractivity contribution in [3.05, 3.63) is 29.8 Å². The summed E-state index contributed by atoms with van der Waals surface area (Å²) in [6, 6.07) is 8.18. The Labute approximate surface area is 105 Å². The van der Waals surface area contributed by atoms with Crippen molar-refractivity contribution in [1.29, 1.82) is 0 Å². The highest BCUT2D eigenvalue weighted by Gasteiger charge is 2.29. The lowest BCUT2D eigenvalue weighted by Crippen LogP contribution is -2.32. The molecule has 2 heteroatoms. The Balaban J connectivity index is 0.000000686. The van der Waals surface area contributed by atoms with E-state index in [1.165, 1.54) is 5.56 Å². The highest BCUT2D eigenvalue weighted by atomic mass is 16.2. The summed E-state index contributed by atoms with van der Waals surface area (Å²) in [4.78, 5) is 13.8. The minimum Gasteiger partial charge on any atom is -0.315 e. The summed E-state index contributed by atoms with van der Waals surface area (Å²) in [6.45, 7) is 8.17. The summed E-state index contributed by atoms with van der Waals surface area (Å²) < 4.78 is 0. The fourth-order valence-corrected chi connectivity index (χ4v) is 2.20. The van der Waals surface area contributed by atoms with Crippen molar-refractivity contribution >= 4 is 11.6 Å². The Morgan fingerprint density at radius 3 is 2.41 bits per heavy atom. The van der Waals surface area contributed by atoms with Gasteiger partial charge in [0.25, 0.3) is 0 Å². The summed E-state index contributed by atoms with van der Waals surface area (Å²) in [6.07, 6.45) is 0.993.